The Morgan fingerprint density at radius 2 is 1.56 bits per heavy atom. The van der Waals surface area contributed by atoms with Crippen LogP contribution in [0.5, 0.6) is 5.75 Å². The molecule has 0 spiro atoms. The molecule has 3 rings (SSSR count). The van der Waals surface area contributed by atoms with Gasteiger partial charge in [0.2, 0.25) is 0 Å². The predicted octanol–water partition coefficient (Wildman–Crippen LogP) is 6.52. The van der Waals surface area contributed by atoms with Crippen LogP contribution in [0.4, 0.5) is 0 Å². The number of para-hydroxylation sites is 1. The molecule has 0 radical (unpaired) electrons. The fraction of sp³-hybridized carbons (Fsp3) is 0.400. The summed E-state index contributed by atoms with van der Waals surface area (Å²) in [5.41, 5.74) is 6.64. The van der Waals surface area contributed by atoms with Gasteiger partial charge < -0.3 is 4.74 Å². The number of rotatable bonds is 3. The summed E-state index contributed by atoms with van der Waals surface area (Å²) in [7, 11) is 0. The van der Waals surface area contributed by atoms with Crippen LogP contribution in [0.15, 0.2) is 42.5 Å². The molecule has 27 heavy (non-hydrogen) atoms. The SMILES string of the molecule is CC(=O)Oc1ccccc1C=C(C)c1ccc2c(c1)C(C)(C)CCC2(C)C. The van der Waals surface area contributed by atoms with Crippen molar-refractivity contribution < 1.29 is 9.53 Å². The average Bonchev–Trinajstić information content (AvgIpc) is 2.60. The van der Waals surface area contributed by atoms with Crippen LogP contribution in [0.25, 0.3) is 11.6 Å². The summed E-state index contributed by atoms with van der Waals surface area (Å²) < 4.78 is 5.35. The normalized spacial score (nSPS) is 17.9. The smallest absolute Gasteiger partial charge is 0.308 e. The van der Waals surface area contributed by atoms with Crippen molar-refractivity contribution in [3.05, 3.63) is 64.7 Å². The van der Waals surface area contributed by atoms with Crippen molar-refractivity contribution in [3.63, 3.8) is 0 Å². The topological polar surface area (TPSA) is 26.3 Å². The zero-order valence-corrected chi connectivity index (χ0v) is 17.3. The van der Waals surface area contributed by atoms with E-state index in [4.69, 9.17) is 4.74 Å². The lowest BCUT2D eigenvalue weighted by atomic mass is 9.63. The number of hydrogen-bond acceptors (Lipinski definition) is 2. The third-order valence-electron chi connectivity index (χ3n) is 5.85. The Bertz CT molecular complexity index is 900. The van der Waals surface area contributed by atoms with Gasteiger partial charge in [0.05, 0.1) is 0 Å². The van der Waals surface area contributed by atoms with Gasteiger partial charge in [0.15, 0.2) is 0 Å². The molecule has 0 bridgehead atoms. The molecular weight excluding hydrogens is 332 g/mol. The van der Waals surface area contributed by atoms with Gasteiger partial charge in [0, 0.05) is 12.5 Å². The minimum atomic E-state index is -0.300. The number of carbonyl (C=O) groups excluding carboxylic acids is 1. The van der Waals surface area contributed by atoms with Gasteiger partial charge in [-0.3, -0.25) is 4.79 Å². The predicted molar refractivity (Wildman–Crippen MR) is 113 cm³/mol. The summed E-state index contributed by atoms with van der Waals surface area (Å²) in [4.78, 5) is 11.4. The number of hydrogen-bond donors (Lipinski definition) is 0. The van der Waals surface area contributed by atoms with Crippen LogP contribution in [0, 0.1) is 0 Å². The Morgan fingerprint density at radius 3 is 2.22 bits per heavy atom. The first kappa shape index (κ1) is 19.4. The van der Waals surface area contributed by atoms with Crippen LogP contribution in [-0.4, -0.2) is 5.97 Å². The van der Waals surface area contributed by atoms with E-state index in [1.54, 1.807) is 0 Å². The van der Waals surface area contributed by atoms with Crippen molar-refractivity contribution in [1.82, 2.24) is 0 Å². The van der Waals surface area contributed by atoms with Crippen molar-refractivity contribution in [3.8, 4) is 5.75 Å². The van der Waals surface area contributed by atoms with E-state index in [0.717, 1.165) is 11.1 Å². The first-order valence-corrected chi connectivity index (χ1v) is 9.71. The molecule has 0 fully saturated rings. The van der Waals surface area contributed by atoms with E-state index in [-0.39, 0.29) is 16.8 Å². The standard InChI is InChI=1S/C25H30O2/c1-17(15-20-9-7-8-10-23(20)27-18(2)26)19-11-12-21-22(16-19)25(5,6)14-13-24(21,3)4/h7-12,15-16H,13-14H2,1-6H3. The van der Waals surface area contributed by atoms with Crippen LogP contribution in [0.1, 0.15) is 76.6 Å². The first-order chi connectivity index (χ1) is 12.6. The molecule has 1 aliphatic carbocycles. The highest BCUT2D eigenvalue weighted by Crippen LogP contribution is 2.46. The highest BCUT2D eigenvalue weighted by atomic mass is 16.5. The number of ether oxygens (including phenoxy) is 1. The number of esters is 1. The van der Waals surface area contributed by atoms with E-state index in [1.807, 2.05) is 24.3 Å². The molecule has 2 nitrogen and oxygen atoms in total. The van der Waals surface area contributed by atoms with Crippen molar-refractivity contribution in [1.29, 1.82) is 0 Å². The molecule has 0 saturated heterocycles. The first-order valence-electron chi connectivity index (χ1n) is 9.71. The second-order valence-electron chi connectivity index (χ2n) is 8.99. The maximum atomic E-state index is 11.4. The maximum Gasteiger partial charge on any atom is 0.308 e. The summed E-state index contributed by atoms with van der Waals surface area (Å²) in [5.74, 6) is 0.301. The Hall–Kier alpha value is -2.35. The zero-order chi connectivity index (χ0) is 19.8. The molecule has 142 valence electrons. The van der Waals surface area contributed by atoms with E-state index >= 15 is 0 Å². The van der Waals surface area contributed by atoms with E-state index in [0.29, 0.717) is 5.75 Å². The number of carbonyl (C=O) groups is 1. The van der Waals surface area contributed by atoms with Crippen LogP contribution in [-0.2, 0) is 15.6 Å². The van der Waals surface area contributed by atoms with Gasteiger partial charge in [-0.05, 0) is 65.0 Å². The summed E-state index contributed by atoms with van der Waals surface area (Å²) >= 11 is 0. The molecule has 0 aromatic heterocycles. The summed E-state index contributed by atoms with van der Waals surface area (Å²) in [6.45, 7) is 12.9. The second-order valence-corrected chi connectivity index (χ2v) is 8.99. The zero-order valence-electron chi connectivity index (χ0n) is 17.3. The van der Waals surface area contributed by atoms with Gasteiger partial charge in [-0.15, -0.1) is 0 Å². The van der Waals surface area contributed by atoms with Crippen molar-refractivity contribution >= 4 is 17.6 Å². The highest BCUT2D eigenvalue weighted by molar-refractivity contribution is 5.83. The monoisotopic (exact) mass is 362 g/mol. The average molecular weight is 363 g/mol. The Balaban J connectivity index is 2.03. The quantitative estimate of drug-likeness (QED) is 0.353. The molecule has 1 aliphatic rings. The molecule has 0 saturated carbocycles. The minimum absolute atomic E-state index is 0.191. The van der Waals surface area contributed by atoms with Crippen LogP contribution >= 0.6 is 0 Å². The largest absolute Gasteiger partial charge is 0.426 e. The molecule has 0 N–H and O–H groups in total. The van der Waals surface area contributed by atoms with Crippen LogP contribution < -0.4 is 4.74 Å². The molecule has 2 heteroatoms. The van der Waals surface area contributed by atoms with Gasteiger partial charge >= 0.3 is 5.97 Å². The highest BCUT2D eigenvalue weighted by Gasteiger charge is 2.36. The third-order valence-corrected chi connectivity index (χ3v) is 5.85. The third kappa shape index (κ3) is 4.00. The van der Waals surface area contributed by atoms with Gasteiger partial charge in [-0.2, -0.15) is 0 Å². The Labute approximate surface area is 163 Å². The van der Waals surface area contributed by atoms with Gasteiger partial charge in [0.1, 0.15) is 5.75 Å². The maximum absolute atomic E-state index is 11.4. The molecular formula is C25H30O2. The fourth-order valence-electron chi connectivity index (χ4n) is 4.00. The molecule has 2 aromatic rings. The number of benzene rings is 2. The minimum Gasteiger partial charge on any atom is -0.426 e. The van der Waals surface area contributed by atoms with Crippen molar-refractivity contribution in [2.24, 2.45) is 0 Å². The van der Waals surface area contributed by atoms with Gasteiger partial charge in [0.25, 0.3) is 0 Å². The number of allylic oxidation sites excluding steroid dienone is 1. The summed E-state index contributed by atoms with van der Waals surface area (Å²) in [6, 6.07) is 14.5. The van der Waals surface area contributed by atoms with Gasteiger partial charge in [-0.1, -0.05) is 64.1 Å². The van der Waals surface area contributed by atoms with Crippen molar-refractivity contribution in [2.75, 3.05) is 0 Å². The molecule has 0 unspecified atom stereocenters. The molecule has 0 aliphatic heterocycles. The van der Waals surface area contributed by atoms with Gasteiger partial charge in [-0.25, -0.2) is 0 Å². The van der Waals surface area contributed by atoms with Crippen LogP contribution in [0.2, 0.25) is 0 Å². The van der Waals surface area contributed by atoms with Crippen molar-refractivity contribution in [2.45, 2.75) is 65.2 Å². The Kier molecular flexibility index (Phi) is 5.03. The lowest BCUT2D eigenvalue weighted by Crippen LogP contribution is -2.33. The molecule has 0 atom stereocenters. The molecule has 2 aromatic carbocycles. The van der Waals surface area contributed by atoms with E-state index < -0.39 is 0 Å². The van der Waals surface area contributed by atoms with E-state index in [9.17, 15) is 4.79 Å². The lowest BCUT2D eigenvalue weighted by Gasteiger charge is -2.42. The Morgan fingerprint density at radius 1 is 0.926 bits per heavy atom. The number of fused-ring (bicyclic) bond motifs is 1. The molecule has 0 heterocycles. The summed E-state index contributed by atoms with van der Waals surface area (Å²) in [5, 5.41) is 0. The molecule has 0 amide bonds. The van der Waals surface area contributed by atoms with E-state index in [1.165, 1.54) is 36.5 Å². The lowest BCUT2D eigenvalue weighted by molar-refractivity contribution is -0.131. The van der Waals surface area contributed by atoms with E-state index in [2.05, 4.69) is 58.9 Å². The second kappa shape index (κ2) is 6.99. The fourth-order valence-corrected chi connectivity index (χ4v) is 4.00. The van der Waals surface area contributed by atoms with Crippen LogP contribution in [0.3, 0.4) is 0 Å². The summed E-state index contributed by atoms with van der Waals surface area (Å²) in [6.07, 6.45) is 4.52.